The predicted octanol–water partition coefficient (Wildman–Crippen LogP) is 12.7. The molecule has 292 valence electrons. The number of carbonyl (C=O) groups excluding carboxylic acids is 2. The van der Waals surface area contributed by atoms with Crippen LogP contribution in [0.25, 0.3) is 0 Å². The van der Waals surface area contributed by atoms with Crippen molar-refractivity contribution >= 4 is 19.8 Å². The Labute approximate surface area is 302 Å². The van der Waals surface area contributed by atoms with E-state index in [9.17, 15) is 19.0 Å². The summed E-state index contributed by atoms with van der Waals surface area (Å²) in [6.07, 6.45) is 37.2. The fraction of sp³-hybridized carbons (Fsp3) is 0.950. The number of rotatable bonds is 39. The minimum atomic E-state index is -4.25. The molecule has 2 unspecified atom stereocenters. The van der Waals surface area contributed by atoms with Crippen molar-refractivity contribution in [3.05, 3.63) is 0 Å². The van der Waals surface area contributed by atoms with Crippen molar-refractivity contribution in [3.63, 3.8) is 0 Å². The zero-order chi connectivity index (χ0) is 36.1. The molecule has 0 aromatic carbocycles. The average molecular weight is 719 g/mol. The largest absolute Gasteiger partial charge is 0.472 e. The van der Waals surface area contributed by atoms with Crippen LogP contribution < -0.4 is 0 Å². The molecule has 0 saturated carbocycles. The minimum Gasteiger partial charge on any atom is -0.462 e. The van der Waals surface area contributed by atoms with Gasteiger partial charge in [-0.1, -0.05) is 194 Å². The summed E-state index contributed by atoms with van der Waals surface area (Å²) in [5, 5.41) is 0. The van der Waals surface area contributed by atoms with Crippen LogP contribution in [0.15, 0.2) is 0 Å². The fourth-order valence-electron chi connectivity index (χ4n) is 6.13. The molecule has 0 saturated heterocycles. The fourth-order valence-corrected chi connectivity index (χ4v) is 6.59. The molecular formula is C40H79O8P. The SMILES string of the molecule is CCCCCCCCCCCCCCCCCCC(=O)OC(COC(=O)CCCCCCCCCCCCCCCC)COP(=O)(O)OC. The topological polar surface area (TPSA) is 108 Å². The molecule has 49 heavy (non-hydrogen) atoms. The Hall–Kier alpha value is -0.950. The van der Waals surface area contributed by atoms with E-state index >= 15 is 0 Å². The monoisotopic (exact) mass is 719 g/mol. The Kier molecular flexibility index (Phi) is 36.1. The molecule has 0 aliphatic carbocycles. The Morgan fingerprint density at radius 1 is 0.490 bits per heavy atom. The first kappa shape index (κ1) is 48.0. The van der Waals surface area contributed by atoms with Gasteiger partial charge in [0.2, 0.25) is 0 Å². The summed E-state index contributed by atoms with van der Waals surface area (Å²) in [7, 11) is -3.18. The van der Waals surface area contributed by atoms with Crippen LogP contribution in [0.4, 0.5) is 0 Å². The first-order chi connectivity index (χ1) is 23.8. The Balaban J connectivity index is 3.96. The van der Waals surface area contributed by atoms with E-state index in [1.165, 1.54) is 154 Å². The second-order valence-electron chi connectivity index (χ2n) is 14.1. The molecule has 0 radical (unpaired) electrons. The van der Waals surface area contributed by atoms with E-state index in [4.69, 9.17) is 14.0 Å². The Bertz CT molecular complexity index is 777. The molecule has 0 aliphatic heterocycles. The van der Waals surface area contributed by atoms with Crippen LogP contribution in [0.1, 0.15) is 219 Å². The summed E-state index contributed by atoms with van der Waals surface area (Å²) in [5.41, 5.74) is 0. The molecule has 0 aromatic heterocycles. The molecular weight excluding hydrogens is 639 g/mol. The third-order valence-electron chi connectivity index (χ3n) is 9.35. The van der Waals surface area contributed by atoms with E-state index in [0.717, 1.165) is 45.6 Å². The lowest BCUT2D eigenvalue weighted by atomic mass is 10.0. The molecule has 0 spiro atoms. The second-order valence-corrected chi connectivity index (χ2v) is 15.7. The van der Waals surface area contributed by atoms with Crippen LogP contribution in [0, 0.1) is 0 Å². The van der Waals surface area contributed by atoms with Gasteiger partial charge in [0.05, 0.1) is 6.61 Å². The highest BCUT2D eigenvalue weighted by Gasteiger charge is 2.24. The zero-order valence-corrected chi connectivity index (χ0v) is 33.3. The first-order valence-electron chi connectivity index (χ1n) is 20.7. The summed E-state index contributed by atoms with van der Waals surface area (Å²) in [6, 6.07) is 0. The van der Waals surface area contributed by atoms with Crippen molar-refractivity contribution in [1.29, 1.82) is 0 Å². The molecule has 2 atom stereocenters. The minimum absolute atomic E-state index is 0.216. The van der Waals surface area contributed by atoms with Gasteiger partial charge in [0.15, 0.2) is 6.10 Å². The van der Waals surface area contributed by atoms with Gasteiger partial charge in [0.25, 0.3) is 0 Å². The third-order valence-corrected chi connectivity index (χ3v) is 10.3. The summed E-state index contributed by atoms with van der Waals surface area (Å²) < 4.78 is 32.0. The highest BCUT2D eigenvalue weighted by Crippen LogP contribution is 2.42. The molecule has 0 aliphatic rings. The lowest BCUT2D eigenvalue weighted by Crippen LogP contribution is -2.29. The molecule has 0 heterocycles. The van der Waals surface area contributed by atoms with Crippen molar-refractivity contribution in [3.8, 4) is 0 Å². The van der Waals surface area contributed by atoms with Gasteiger partial charge in [0, 0.05) is 20.0 Å². The van der Waals surface area contributed by atoms with E-state index in [1.807, 2.05) is 0 Å². The number of phosphoric ester groups is 1. The van der Waals surface area contributed by atoms with Gasteiger partial charge in [-0.25, -0.2) is 4.57 Å². The van der Waals surface area contributed by atoms with Crippen molar-refractivity contribution in [2.75, 3.05) is 20.3 Å². The molecule has 9 heteroatoms. The van der Waals surface area contributed by atoms with Crippen LogP contribution in [-0.2, 0) is 32.7 Å². The van der Waals surface area contributed by atoms with E-state index in [-0.39, 0.29) is 19.0 Å². The van der Waals surface area contributed by atoms with Gasteiger partial charge in [-0.3, -0.25) is 18.6 Å². The van der Waals surface area contributed by atoms with Gasteiger partial charge in [-0.2, -0.15) is 0 Å². The standard InChI is InChI=1S/C40H79O8P/c1-4-6-8-10-12-14-16-18-20-21-23-25-27-29-31-33-35-40(42)48-38(37-47-49(43,44)45-3)36-46-39(41)34-32-30-28-26-24-22-19-17-15-13-11-9-7-5-2/h38H,4-37H2,1-3H3,(H,43,44). The zero-order valence-electron chi connectivity index (χ0n) is 32.4. The van der Waals surface area contributed by atoms with Crippen LogP contribution >= 0.6 is 7.82 Å². The predicted molar refractivity (Wildman–Crippen MR) is 203 cm³/mol. The molecule has 0 fully saturated rings. The molecule has 0 rings (SSSR count). The van der Waals surface area contributed by atoms with Gasteiger partial charge in [-0.15, -0.1) is 0 Å². The lowest BCUT2D eigenvalue weighted by molar-refractivity contribution is -0.161. The quantitative estimate of drug-likeness (QED) is 0.0380. The number of ether oxygens (including phenoxy) is 2. The number of unbranched alkanes of at least 4 members (excludes halogenated alkanes) is 28. The first-order valence-corrected chi connectivity index (χ1v) is 22.2. The van der Waals surface area contributed by atoms with E-state index in [1.54, 1.807) is 0 Å². The van der Waals surface area contributed by atoms with Crippen molar-refractivity contribution in [1.82, 2.24) is 0 Å². The number of esters is 2. The molecule has 1 N–H and O–H groups in total. The summed E-state index contributed by atoms with van der Waals surface area (Å²) in [4.78, 5) is 34.4. The van der Waals surface area contributed by atoms with Crippen LogP contribution in [0.5, 0.6) is 0 Å². The van der Waals surface area contributed by atoms with Crippen molar-refractivity contribution in [2.24, 2.45) is 0 Å². The number of hydrogen-bond acceptors (Lipinski definition) is 7. The number of phosphoric acid groups is 1. The lowest BCUT2D eigenvalue weighted by Gasteiger charge is -2.19. The van der Waals surface area contributed by atoms with Crippen molar-refractivity contribution < 1.29 is 37.6 Å². The molecule has 0 bridgehead atoms. The smallest absolute Gasteiger partial charge is 0.462 e. The summed E-state index contributed by atoms with van der Waals surface area (Å²) >= 11 is 0. The van der Waals surface area contributed by atoms with Gasteiger partial charge >= 0.3 is 19.8 Å². The average Bonchev–Trinajstić information content (AvgIpc) is 3.09. The van der Waals surface area contributed by atoms with Crippen LogP contribution in [0.2, 0.25) is 0 Å². The van der Waals surface area contributed by atoms with E-state index in [2.05, 4.69) is 18.4 Å². The van der Waals surface area contributed by atoms with E-state index in [0.29, 0.717) is 6.42 Å². The normalized spacial score (nSPS) is 13.3. The Morgan fingerprint density at radius 3 is 1.12 bits per heavy atom. The molecule has 0 amide bonds. The molecule has 0 aromatic rings. The summed E-state index contributed by atoms with van der Waals surface area (Å²) in [5.74, 6) is -0.788. The maximum atomic E-state index is 12.5. The number of carbonyl (C=O) groups is 2. The highest BCUT2D eigenvalue weighted by molar-refractivity contribution is 7.47. The maximum Gasteiger partial charge on any atom is 0.472 e. The second kappa shape index (κ2) is 36.8. The highest BCUT2D eigenvalue weighted by atomic mass is 31.2. The van der Waals surface area contributed by atoms with Gasteiger partial charge in [0.1, 0.15) is 6.61 Å². The third kappa shape index (κ3) is 36.6. The van der Waals surface area contributed by atoms with E-state index < -0.39 is 26.5 Å². The van der Waals surface area contributed by atoms with Gasteiger partial charge < -0.3 is 14.4 Å². The van der Waals surface area contributed by atoms with Crippen LogP contribution in [-0.4, -0.2) is 43.3 Å². The number of hydrogen-bond donors (Lipinski definition) is 1. The summed E-state index contributed by atoms with van der Waals surface area (Å²) in [6.45, 7) is 3.91. The molecule has 8 nitrogen and oxygen atoms in total. The van der Waals surface area contributed by atoms with Crippen molar-refractivity contribution in [2.45, 2.75) is 225 Å². The Morgan fingerprint density at radius 2 is 0.796 bits per heavy atom. The van der Waals surface area contributed by atoms with Crippen LogP contribution in [0.3, 0.4) is 0 Å². The van der Waals surface area contributed by atoms with Gasteiger partial charge in [-0.05, 0) is 12.8 Å². The maximum absolute atomic E-state index is 12.5.